The molecule has 0 spiro atoms. The van der Waals surface area contributed by atoms with Gasteiger partial charge in [0.05, 0.1) is 11.3 Å². The van der Waals surface area contributed by atoms with Crippen molar-refractivity contribution in [1.82, 2.24) is 20.2 Å². The Balaban J connectivity index is 1.60. The van der Waals surface area contributed by atoms with Gasteiger partial charge in [-0.3, -0.25) is 4.79 Å². The Kier molecular flexibility index (Phi) is 4.83. The number of amides is 1. The monoisotopic (exact) mass is 363 g/mol. The molecule has 3 aromatic rings. The number of tetrazole rings is 1. The third-order valence-corrected chi connectivity index (χ3v) is 3.27. The van der Waals surface area contributed by atoms with Crippen molar-refractivity contribution in [2.24, 2.45) is 0 Å². The number of hydrogen-bond acceptors (Lipinski definition) is 5. The highest BCUT2D eigenvalue weighted by atomic mass is 19.4. The molecule has 0 bridgehead atoms. The van der Waals surface area contributed by atoms with E-state index in [0.717, 1.165) is 12.1 Å². The summed E-state index contributed by atoms with van der Waals surface area (Å²) in [6.45, 7) is -0.366. The summed E-state index contributed by atoms with van der Waals surface area (Å²) in [6.07, 6.45) is -3.08. The van der Waals surface area contributed by atoms with Gasteiger partial charge in [0.15, 0.2) is 6.61 Å². The van der Waals surface area contributed by atoms with Gasteiger partial charge >= 0.3 is 6.18 Å². The zero-order chi connectivity index (χ0) is 18.6. The Labute approximate surface area is 145 Å². The molecule has 0 aliphatic carbocycles. The second-order valence-electron chi connectivity index (χ2n) is 5.17. The summed E-state index contributed by atoms with van der Waals surface area (Å²) < 4.78 is 44.8. The van der Waals surface area contributed by atoms with Crippen LogP contribution in [0, 0.1) is 0 Å². The van der Waals surface area contributed by atoms with E-state index < -0.39 is 17.6 Å². The number of halogens is 3. The summed E-state index contributed by atoms with van der Waals surface area (Å²) in [6, 6.07) is 11.1. The third kappa shape index (κ3) is 4.35. The molecule has 1 amide bonds. The highest BCUT2D eigenvalue weighted by Crippen LogP contribution is 2.30. The summed E-state index contributed by atoms with van der Waals surface area (Å²) in [4.78, 5) is 11.9. The van der Waals surface area contributed by atoms with E-state index in [0.29, 0.717) is 11.4 Å². The van der Waals surface area contributed by atoms with Crippen LogP contribution in [0.4, 0.5) is 18.9 Å². The molecule has 2 aromatic carbocycles. The maximum atomic E-state index is 12.7. The molecule has 0 saturated heterocycles. The molecule has 0 atom stereocenters. The van der Waals surface area contributed by atoms with Gasteiger partial charge in [0.25, 0.3) is 5.91 Å². The van der Waals surface area contributed by atoms with E-state index >= 15 is 0 Å². The summed E-state index contributed by atoms with van der Waals surface area (Å²) in [5.74, 6) is -0.200. The lowest BCUT2D eigenvalue weighted by Crippen LogP contribution is -2.20. The number of benzene rings is 2. The number of nitrogens with zero attached hydrogens (tertiary/aromatic N) is 4. The van der Waals surface area contributed by atoms with Gasteiger partial charge in [-0.15, -0.1) is 5.10 Å². The highest BCUT2D eigenvalue weighted by molar-refractivity contribution is 5.91. The van der Waals surface area contributed by atoms with Crippen molar-refractivity contribution < 1.29 is 22.7 Å². The average molecular weight is 363 g/mol. The Hall–Kier alpha value is -3.43. The van der Waals surface area contributed by atoms with Gasteiger partial charge in [0, 0.05) is 11.8 Å². The number of ether oxygens (including phenoxy) is 1. The van der Waals surface area contributed by atoms with Crippen molar-refractivity contribution in [3.05, 3.63) is 60.4 Å². The fourth-order valence-corrected chi connectivity index (χ4v) is 2.11. The molecule has 1 aromatic heterocycles. The minimum atomic E-state index is -4.48. The number of alkyl halides is 3. The van der Waals surface area contributed by atoms with Crippen LogP contribution in [0.5, 0.6) is 5.75 Å². The first-order valence-electron chi connectivity index (χ1n) is 7.35. The summed E-state index contributed by atoms with van der Waals surface area (Å²) in [5.41, 5.74) is -0.174. The molecule has 0 fully saturated rings. The van der Waals surface area contributed by atoms with E-state index in [-0.39, 0.29) is 12.3 Å². The van der Waals surface area contributed by atoms with Crippen LogP contribution < -0.4 is 10.1 Å². The number of rotatable bonds is 5. The maximum Gasteiger partial charge on any atom is 0.416 e. The molecule has 134 valence electrons. The van der Waals surface area contributed by atoms with E-state index in [9.17, 15) is 18.0 Å². The Bertz CT molecular complexity index is 897. The molecule has 26 heavy (non-hydrogen) atoms. The number of aromatic nitrogens is 4. The molecule has 1 heterocycles. The highest BCUT2D eigenvalue weighted by Gasteiger charge is 2.30. The minimum absolute atomic E-state index is 0.0378. The maximum absolute atomic E-state index is 12.7. The van der Waals surface area contributed by atoms with Crippen LogP contribution in [0.2, 0.25) is 0 Å². The zero-order valence-electron chi connectivity index (χ0n) is 13.1. The van der Waals surface area contributed by atoms with E-state index in [2.05, 4.69) is 20.8 Å². The SMILES string of the molecule is O=C(COc1cccc(-n2cnnn2)c1)Nc1cccc(C(F)(F)F)c1. The third-order valence-electron chi connectivity index (χ3n) is 3.27. The lowest BCUT2D eigenvalue weighted by Gasteiger charge is -2.11. The van der Waals surface area contributed by atoms with Gasteiger partial charge in [-0.2, -0.15) is 13.2 Å². The molecule has 0 unspecified atom stereocenters. The smallest absolute Gasteiger partial charge is 0.416 e. The minimum Gasteiger partial charge on any atom is -0.484 e. The quantitative estimate of drug-likeness (QED) is 0.754. The van der Waals surface area contributed by atoms with Crippen molar-refractivity contribution >= 4 is 11.6 Å². The van der Waals surface area contributed by atoms with Crippen LogP contribution in [0.25, 0.3) is 5.69 Å². The van der Waals surface area contributed by atoms with E-state index in [1.165, 1.54) is 23.1 Å². The fraction of sp³-hybridized carbons (Fsp3) is 0.125. The molecular formula is C16H12F3N5O2. The zero-order valence-corrected chi connectivity index (χ0v) is 13.1. The molecule has 0 radical (unpaired) electrons. The lowest BCUT2D eigenvalue weighted by atomic mass is 10.2. The first-order chi connectivity index (χ1) is 12.4. The number of nitrogens with one attached hydrogen (secondary N) is 1. The van der Waals surface area contributed by atoms with Crippen LogP contribution in [-0.2, 0) is 11.0 Å². The average Bonchev–Trinajstić information content (AvgIpc) is 3.14. The first kappa shape index (κ1) is 17.4. The van der Waals surface area contributed by atoms with Crippen LogP contribution >= 0.6 is 0 Å². The van der Waals surface area contributed by atoms with Crippen LogP contribution in [0.1, 0.15) is 5.56 Å². The van der Waals surface area contributed by atoms with Crippen LogP contribution in [0.15, 0.2) is 54.9 Å². The van der Waals surface area contributed by atoms with Gasteiger partial charge in [-0.25, -0.2) is 4.68 Å². The second kappa shape index (κ2) is 7.21. The van der Waals surface area contributed by atoms with Crippen molar-refractivity contribution in [2.45, 2.75) is 6.18 Å². The largest absolute Gasteiger partial charge is 0.484 e. The Morgan fingerprint density at radius 1 is 1.15 bits per heavy atom. The molecule has 10 heteroatoms. The molecule has 1 N–H and O–H groups in total. The van der Waals surface area contributed by atoms with Gasteiger partial charge in [0.2, 0.25) is 0 Å². The van der Waals surface area contributed by atoms with Crippen LogP contribution in [0.3, 0.4) is 0 Å². The number of carbonyl (C=O) groups excluding carboxylic acids is 1. The first-order valence-corrected chi connectivity index (χ1v) is 7.35. The number of carbonyl (C=O) groups is 1. The molecule has 7 nitrogen and oxygen atoms in total. The van der Waals surface area contributed by atoms with Crippen molar-refractivity contribution in [3.8, 4) is 11.4 Å². The fourth-order valence-electron chi connectivity index (χ4n) is 2.11. The van der Waals surface area contributed by atoms with Crippen molar-refractivity contribution in [2.75, 3.05) is 11.9 Å². The topological polar surface area (TPSA) is 81.9 Å². The second-order valence-corrected chi connectivity index (χ2v) is 5.17. The van der Waals surface area contributed by atoms with Gasteiger partial charge in [-0.1, -0.05) is 12.1 Å². The normalized spacial score (nSPS) is 11.2. The Morgan fingerprint density at radius 3 is 2.69 bits per heavy atom. The molecule has 0 aliphatic rings. The standard InChI is InChI=1S/C16H12F3N5O2/c17-16(18,19)11-3-1-4-12(7-11)21-15(25)9-26-14-6-2-5-13(8-14)24-10-20-22-23-24/h1-8,10H,9H2,(H,21,25). The molecule has 0 aliphatic heterocycles. The summed E-state index contributed by atoms with van der Waals surface area (Å²) in [7, 11) is 0. The van der Waals surface area contributed by atoms with Gasteiger partial charge in [0.1, 0.15) is 12.1 Å². The molecule has 3 rings (SSSR count). The van der Waals surface area contributed by atoms with E-state index in [4.69, 9.17) is 4.74 Å². The Morgan fingerprint density at radius 2 is 1.96 bits per heavy atom. The summed E-state index contributed by atoms with van der Waals surface area (Å²) >= 11 is 0. The van der Waals surface area contributed by atoms with E-state index in [1.807, 2.05) is 0 Å². The molecule has 0 saturated carbocycles. The van der Waals surface area contributed by atoms with Gasteiger partial charge in [-0.05, 0) is 40.8 Å². The predicted molar refractivity (Wildman–Crippen MR) is 84.7 cm³/mol. The number of hydrogen-bond donors (Lipinski definition) is 1. The van der Waals surface area contributed by atoms with Gasteiger partial charge < -0.3 is 10.1 Å². The van der Waals surface area contributed by atoms with Crippen LogP contribution in [-0.4, -0.2) is 32.7 Å². The van der Waals surface area contributed by atoms with Crippen molar-refractivity contribution in [1.29, 1.82) is 0 Å². The molecular weight excluding hydrogens is 351 g/mol. The summed E-state index contributed by atoms with van der Waals surface area (Å²) in [5, 5.41) is 13.1. The number of anilines is 1. The van der Waals surface area contributed by atoms with Crippen molar-refractivity contribution in [3.63, 3.8) is 0 Å². The lowest BCUT2D eigenvalue weighted by molar-refractivity contribution is -0.137. The van der Waals surface area contributed by atoms with E-state index in [1.54, 1.807) is 24.3 Å². The predicted octanol–water partition coefficient (Wildman–Crippen LogP) is 2.70.